The Morgan fingerprint density at radius 3 is 2.54 bits per heavy atom. The fourth-order valence-corrected chi connectivity index (χ4v) is 3.67. The number of hydrogen-bond donors (Lipinski definition) is 2. The first kappa shape index (κ1) is 16.7. The Bertz CT molecular complexity index is 845. The standard InChI is InChI=1S/C18H20N2O3S/c19-24(22,23)16-9-5-13(6-10-16)12-20-18(21)11-15-8-7-14-3-1-2-4-17(14)15/h1-6,9-10,15H,7-8,11-12H2,(H,20,21)(H2,19,22,23)/t15-/m1/s1. The molecular weight excluding hydrogens is 324 g/mol. The lowest BCUT2D eigenvalue weighted by Crippen LogP contribution is -2.24. The van der Waals surface area contributed by atoms with E-state index in [1.54, 1.807) is 12.1 Å². The zero-order valence-electron chi connectivity index (χ0n) is 13.2. The van der Waals surface area contributed by atoms with Gasteiger partial charge in [0.1, 0.15) is 0 Å². The number of nitrogens with one attached hydrogen (secondary N) is 1. The van der Waals surface area contributed by atoms with Gasteiger partial charge in [-0.2, -0.15) is 0 Å². The number of aryl methyl sites for hydroxylation is 1. The fourth-order valence-electron chi connectivity index (χ4n) is 3.15. The van der Waals surface area contributed by atoms with E-state index in [9.17, 15) is 13.2 Å². The maximum atomic E-state index is 12.2. The van der Waals surface area contributed by atoms with Crippen LogP contribution >= 0.6 is 0 Å². The van der Waals surface area contributed by atoms with Crippen molar-refractivity contribution in [2.45, 2.75) is 36.6 Å². The second-order valence-electron chi connectivity index (χ2n) is 6.10. The number of carbonyl (C=O) groups is 1. The van der Waals surface area contributed by atoms with Crippen molar-refractivity contribution < 1.29 is 13.2 Å². The van der Waals surface area contributed by atoms with E-state index < -0.39 is 10.0 Å². The summed E-state index contributed by atoms with van der Waals surface area (Å²) < 4.78 is 22.4. The predicted molar refractivity (Wildman–Crippen MR) is 91.8 cm³/mol. The molecular formula is C18H20N2O3S. The summed E-state index contributed by atoms with van der Waals surface area (Å²) in [5.41, 5.74) is 3.46. The van der Waals surface area contributed by atoms with Crippen LogP contribution in [0.25, 0.3) is 0 Å². The number of nitrogens with two attached hydrogens (primary N) is 1. The van der Waals surface area contributed by atoms with Crippen molar-refractivity contribution in [3.8, 4) is 0 Å². The first-order valence-corrected chi connectivity index (χ1v) is 9.44. The molecule has 0 fully saturated rings. The van der Waals surface area contributed by atoms with Crippen LogP contribution < -0.4 is 10.5 Å². The van der Waals surface area contributed by atoms with Gasteiger partial charge in [-0.05, 0) is 47.6 Å². The molecule has 126 valence electrons. The van der Waals surface area contributed by atoms with Crippen molar-refractivity contribution in [1.82, 2.24) is 5.32 Å². The van der Waals surface area contributed by atoms with E-state index in [-0.39, 0.29) is 16.7 Å². The van der Waals surface area contributed by atoms with Gasteiger partial charge in [0.2, 0.25) is 15.9 Å². The second kappa shape index (κ2) is 6.75. The molecule has 1 aliphatic carbocycles. The van der Waals surface area contributed by atoms with Crippen LogP contribution in [0.3, 0.4) is 0 Å². The largest absolute Gasteiger partial charge is 0.352 e. The molecule has 0 spiro atoms. The molecule has 2 aromatic rings. The quantitative estimate of drug-likeness (QED) is 0.870. The Balaban J connectivity index is 1.55. The Kier molecular flexibility index (Phi) is 4.69. The molecule has 0 aromatic heterocycles. The van der Waals surface area contributed by atoms with Crippen LogP contribution in [-0.2, 0) is 27.8 Å². The third-order valence-electron chi connectivity index (χ3n) is 4.43. The van der Waals surface area contributed by atoms with Gasteiger partial charge in [-0.15, -0.1) is 0 Å². The van der Waals surface area contributed by atoms with E-state index >= 15 is 0 Å². The number of sulfonamides is 1. The number of fused-ring (bicyclic) bond motifs is 1. The summed E-state index contributed by atoms with van der Waals surface area (Å²) in [7, 11) is -3.68. The number of benzene rings is 2. The van der Waals surface area contributed by atoms with Crippen molar-refractivity contribution in [3.05, 3.63) is 65.2 Å². The van der Waals surface area contributed by atoms with Crippen molar-refractivity contribution >= 4 is 15.9 Å². The lowest BCUT2D eigenvalue weighted by molar-refractivity contribution is -0.121. The molecule has 0 saturated heterocycles. The Labute approximate surface area is 141 Å². The third kappa shape index (κ3) is 3.83. The zero-order valence-corrected chi connectivity index (χ0v) is 14.1. The van der Waals surface area contributed by atoms with Crippen molar-refractivity contribution in [1.29, 1.82) is 0 Å². The molecule has 1 aliphatic rings. The van der Waals surface area contributed by atoms with Crippen LogP contribution in [0.1, 0.15) is 35.4 Å². The van der Waals surface area contributed by atoms with Crippen molar-refractivity contribution in [3.63, 3.8) is 0 Å². The van der Waals surface area contributed by atoms with Gasteiger partial charge in [0.15, 0.2) is 0 Å². The molecule has 0 aliphatic heterocycles. The van der Waals surface area contributed by atoms with E-state index in [2.05, 4.69) is 17.4 Å². The molecule has 2 aromatic carbocycles. The van der Waals surface area contributed by atoms with Gasteiger partial charge in [-0.3, -0.25) is 4.79 Å². The molecule has 0 bridgehead atoms. The highest BCUT2D eigenvalue weighted by atomic mass is 32.2. The third-order valence-corrected chi connectivity index (χ3v) is 5.36. The number of amides is 1. The van der Waals surface area contributed by atoms with Crippen LogP contribution in [0.5, 0.6) is 0 Å². The average molecular weight is 344 g/mol. The first-order valence-electron chi connectivity index (χ1n) is 7.90. The predicted octanol–water partition coefficient (Wildman–Crippen LogP) is 2.07. The van der Waals surface area contributed by atoms with E-state index in [1.165, 1.54) is 23.3 Å². The molecule has 24 heavy (non-hydrogen) atoms. The van der Waals surface area contributed by atoms with Crippen molar-refractivity contribution in [2.75, 3.05) is 0 Å². The van der Waals surface area contributed by atoms with Crippen LogP contribution in [0.4, 0.5) is 0 Å². The minimum Gasteiger partial charge on any atom is -0.352 e. The molecule has 0 heterocycles. The maximum absolute atomic E-state index is 12.2. The van der Waals surface area contributed by atoms with Gasteiger partial charge in [0.25, 0.3) is 0 Å². The summed E-state index contributed by atoms with van der Waals surface area (Å²) in [4.78, 5) is 12.3. The average Bonchev–Trinajstić information content (AvgIpc) is 2.96. The summed E-state index contributed by atoms with van der Waals surface area (Å²) >= 11 is 0. The summed E-state index contributed by atoms with van der Waals surface area (Å²) in [6.45, 7) is 0.373. The van der Waals surface area contributed by atoms with Gasteiger partial charge in [0, 0.05) is 13.0 Å². The summed E-state index contributed by atoms with van der Waals surface area (Å²) in [6, 6.07) is 14.5. The first-order chi connectivity index (χ1) is 11.4. The molecule has 6 heteroatoms. The van der Waals surface area contributed by atoms with Gasteiger partial charge in [-0.1, -0.05) is 36.4 Å². The van der Waals surface area contributed by atoms with E-state index in [4.69, 9.17) is 5.14 Å². The van der Waals surface area contributed by atoms with E-state index in [0.29, 0.717) is 13.0 Å². The smallest absolute Gasteiger partial charge is 0.238 e. The summed E-state index contributed by atoms with van der Waals surface area (Å²) in [5, 5.41) is 7.96. The highest BCUT2D eigenvalue weighted by Gasteiger charge is 2.23. The molecule has 0 radical (unpaired) electrons. The highest BCUT2D eigenvalue weighted by Crippen LogP contribution is 2.35. The van der Waals surface area contributed by atoms with Crippen molar-refractivity contribution in [2.24, 2.45) is 5.14 Å². The SMILES string of the molecule is NS(=O)(=O)c1ccc(CNC(=O)C[C@H]2CCc3ccccc32)cc1. The van der Waals surface area contributed by atoms with Crippen LogP contribution in [0, 0.1) is 0 Å². The molecule has 0 saturated carbocycles. The number of rotatable bonds is 5. The minimum absolute atomic E-state index is 0.00669. The molecule has 5 nitrogen and oxygen atoms in total. The fraction of sp³-hybridized carbons (Fsp3) is 0.278. The normalized spacial score (nSPS) is 16.6. The lowest BCUT2D eigenvalue weighted by atomic mass is 9.97. The highest BCUT2D eigenvalue weighted by molar-refractivity contribution is 7.89. The minimum atomic E-state index is -3.68. The van der Waals surface area contributed by atoms with Gasteiger partial charge in [-0.25, -0.2) is 13.6 Å². The lowest BCUT2D eigenvalue weighted by Gasteiger charge is -2.12. The Morgan fingerprint density at radius 1 is 1.12 bits per heavy atom. The van der Waals surface area contributed by atoms with Crippen LogP contribution in [-0.4, -0.2) is 14.3 Å². The van der Waals surface area contributed by atoms with Crippen LogP contribution in [0.2, 0.25) is 0 Å². The number of hydrogen-bond acceptors (Lipinski definition) is 3. The van der Waals surface area contributed by atoms with Gasteiger partial charge in [0.05, 0.1) is 4.90 Å². The Hall–Kier alpha value is -2.18. The molecule has 1 atom stereocenters. The molecule has 3 N–H and O–H groups in total. The molecule has 1 amide bonds. The summed E-state index contributed by atoms with van der Waals surface area (Å²) in [5.74, 6) is 0.290. The monoisotopic (exact) mass is 344 g/mol. The van der Waals surface area contributed by atoms with Gasteiger partial charge >= 0.3 is 0 Å². The zero-order chi connectivity index (χ0) is 17.2. The van der Waals surface area contributed by atoms with E-state index in [1.807, 2.05) is 12.1 Å². The number of primary sulfonamides is 1. The summed E-state index contributed by atoms with van der Waals surface area (Å²) in [6.07, 6.45) is 2.52. The van der Waals surface area contributed by atoms with E-state index in [0.717, 1.165) is 18.4 Å². The molecule has 3 rings (SSSR count). The van der Waals surface area contributed by atoms with Crippen LogP contribution in [0.15, 0.2) is 53.4 Å². The molecule has 0 unspecified atom stereocenters. The Morgan fingerprint density at radius 2 is 1.83 bits per heavy atom. The topological polar surface area (TPSA) is 89.3 Å². The maximum Gasteiger partial charge on any atom is 0.238 e. The number of carbonyl (C=O) groups excluding carboxylic acids is 1. The van der Waals surface area contributed by atoms with Gasteiger partial charge < -0.3 is 5.32 Å². The second-order valence-corrected chi connectivity index (χ2v) is 7.67.